The molecular formula is C23H24N2O2. The third-order valence-corrected chi connectivity index (χ3v) is 4.65. The van der Waals surface area contributed by atoms with Crippen molar-refractivity contribution >= 4 is 22.9 Å². The normalized spacial score (nSPS) is 12.2. The Bertz CT molecular complexity index is 927. The van der Waals surface area contributed by atoms with Gasteiger partial charge in [0, 0.05) is 5.56 Å². The number of carbonyl (C=O) groups is 1. The van der Waals surface area contributed by atoms with Gasteiger partial charge >= 0.3 is 0 Å². The lowest BCUT2D eigenvalue weighted by atomic mass is 9.99. The number of carbonyl (C=O) groups excluding carboxylic acids is 1. The maximum absolute atomic E-state index is 11.9. The summed E-state index contributed by atoms with van der Waals surface area (Å²) in [5.74, 6) is 0.901. The summed E-state index contributed by atoms with van der Waals surface area (Å²) in [7, 11) is 0. The summed E-state index contributed by atoms with van der Waals surface area (Å²) in [4.78, 5) is 11.9. The van der Waals surface area contributed by atoms with Crippen molar-refractivity contribution in [2.45, 2.75) is 26.2 Å². The first-order valence-corrected chi connectivity index (χ1v) is 9.20. The van der Waals surface area contributed by atoms with Crippen LogP contribution in [0.1, 0.15) is 37.3 Å². The summed E-state index contributed by atoms with van der Waals surface area (Å²) in [5, 5.41) is 6.28. The molecule has 0 spiro atoms. The minimum absolute atomic E-state index is 0.0739. The molecule has 3 aromatic carbocycles. The molecule has 1 atom stereocenters. The molecule has 3 aromatic rings. The number of ether oxygens (including phenoxy) is 1. The van der Waals surface area contributed by atoms with E-state index in [0.717, 1.165) is 22.8 Å². The van der Waals surface area contributed by atoms with Crippen LogP contribution in [0, 0.1) is 0 Å². The minimum atomic E-state index is -0.294. The lowest BCUT2D eigenvalue weighted by Gasteiger charge is -2.10. The monoisotopic (exact) mass is 360 g/mol. The summed E-state index contributed by atoms with van der Waals surface area (Å²) in [6.45, 7) is 4.28. The van der Waals surface area contributed by atoms with E-state index in [1.54, 1.807) is 6.21 Å². The van der Waals surface area contributed by atoms with Crippen molar-refractivity contribution in [2.75, 3.05) is 6.61 Å². The number of hydrogen-bond acceptors (Lipinski definition) is 3. The summed E-state index contributed by atoms with van der Waals surface area (Å²) >= 11 is 0. The van der Waals surface area contributed by atoms with Crippen molar-refractivity contribution in [2.24, 2.45) is 5.10 Å². The number of amides is 1. The fraction of sp³-hybridized carbons (Fsp3) is 0.217. The number of rotatable bonds is 7. The Labute approximate surface area is 159 Å². The molecule has 0 aromatic heterocycles. The summed E-state index contributed by atoms with van der Waals surface area (Å²) < 4.78 is 5.52. The highest BCUT2D eigenvalue weighted by molar-refractivity contribution is 5.99. The lowest BCUT2D eigenvalue weighted by molar-refractivity contribution is -0.123. The Morgan fingerprint density at radius 2 is 1.81 bits per heavy atom. The molecule has 0 fully saturated rings. The van der Waals surface area contributed by atoms with Gasteiger partial charge in [-0.25, -0.2) is 5.43 Å². The first-order chi connectivity index (χ1) is 13.2. The van der Waals surface area contributed by atoms with E-state index < -0.39 is 0 Å². The van der Waals surface area contributed by atoms with Gasteiger partial charge in [-0.1, -0.05) is 68.4 Å². The molecule has 0 radical (unpaired) electrons. The average molecular weight is 360 g/mol. The van der Waals surface area contributed by atoms with E-state index in [-0.39, 0.29) is 12.5 Å². The first kappa shape index (κ1) is 18.6. The first-order valence-electron chi connectivity index (χ1n) is 9.20. The van der Waals surface area contributed by atoms with E-state index in [1.165, 1.54) is 5.56 Å². The Balaban J connectivity index is 1.53. The molecule has 4 heteroatoms. The molecule has 0 bridgehead atoms. The number of nitrogens with zero attached hydrogens (tertiary/aromatic N) is 1. The second kappa shape index (κ2) is 8.99. The van der Waals surface area contributed by atoms with Crippen molar-refractivity contribution in [1.82, 2.24) is 5.43 Å². The zero-order chi connectivity index (χ0) is 19.1. The molecule has 3 rings (SSSR count). The molecule has 0 aliphatic carbocycles. The Morgan fingerprint density at radius 3 is 2.59 bits per heavy atom. The molecule has 0 saturated carbocycles. The molecule has 0 unspecified atom stereocenters. The van der Waals surface area contributed by atoms with Gasteiger partial charge in [-0.2, -0.15) is 5.10 Å². The minimum Gasteiger partial charge on any atom is -0.484 e. The molecule has 0 aliphatic rings. The fourth-order valence-corrected chi connectivity index (χ4v) is 2.85. The van der Waals surface area contributed by atoms with Crippen molar-refractivity contribution in [3.05, 3.63) is 77.9 Å². The van der Waals surface area contributed by atoms with Crippen LogP contribution in [0.5, 0.6) is 5.75 Å². The Morgan fingerprint density at radius 1 is 1.07 bits per heavy atom. The van der Waals surface area contributed by atoms with Gasteiger partial charge in [-0.3, -0.25) is 4.79 Å². The molecule has 1 N–H and O–H groups in total. The Hall–Kier alpha value is -3.14. The van der Waals surface area contributed by atoms with E-state index in [0.29, 0.717) is 11.7 Å². The van der Waals surface area contributed by atoms with Crippen molar-refractivity contribution in [3.63, 3.8) is 0 Å². The van der Waals surface area contributed by atoms with Gasteiger partial charge in [0.1, 0.15) is 5.75 Å². The van der Waals surface area contributed by atoms with E-state index in [4.69, 9.17) is 4.74 Å². The molecule has 0 heterocycles. The molecule has 4 nitrogen and oxygen atoms in total. The number of hydrazone groups is 1. The maximum Gasteiger partial charge on any atom is 0.277 e. The zero-order valence-corrected chi connectivity index (χ0v) is 15.7. The van der Waals surface area contributed by atoms with Crippen LogP contribution in [0.4, 0.5) is 0 Å². The topological polar surface area (TPSA) is 50.7 Å². The number of hydrogen-bond donors (Lipinski definition) is 1. The van der Waals surface area contributed by atoms with Gasteiger partial charge < -0.3 is 4.74 Å². The van der Waals surface area contributed by atoms with Crippen molar-refractivity contribution < 1.29 is 9.53 Å². The predicted octanol–water partition coefficient (Wildman–Crippen LogP) is 4.88. The maximum atomic E-state index is 11.9. The number of fused-ring (bicyclic) bond motifs is 1. The third kappa shape index (κ3) is 4.94. The standard InChI is InChI=1S/C23H24N2O2/c1-3-17(2)18-11-13-21(14-12-18)27-16-23(26)25-24-15-20-9-6-8-19-7-4-5-10-22(19)20/h4-15,17H,3,16H2,1-2H3,(H,25,26)/b24-15-/t17-/m0/s1. The van der Waals surface area contributed by atoms with Crippen LogP contribution < -0.4 is 10.2 Å². The summed E-state index contributed by atoms with van der Waals surface area (Å²) in [5.41, 5.74) is 4.74. The highest BCUT2D eigenvalue weighted by Crippen LogP contribution is 2.21. The molecule has 0 saturated heterocycles. The van der Waals surface area contributed by atoms with Crippen LogP contribution in [0.25, 0.3) is 10.8 Å². The van der Waals surface area contributed by atoms with Gasteiger partial charge in [0.05, 0.1) is 6.21 Å². The van der Waals surface area contributed by atoms with Crippen LogP contribution in [0.3, 0.4) is 0 Å². The van der Waals surface area contributed by atoms with Crippen LogP contribution in [0.15, 0.2) is 71.8 Å². The second-order valence-electron chi connectivity index (χ2n) is 6.53. The van der Waals surface area contributed by atoms with E-state index in [2.05, 4.69) is 24.4 Å². The van der Waals surface area contributed by atoms with Gasteiger partial charge in [0.15, 0.2) is 6.61 Å². The van der Waals surface area contributed by atoms with Crippen LogP contribution >= 0.6 is 0 Å². The van der Waals surface area contributed by atoms with Crippen molar-refractivity contribution in [1.29, 1.82) is 0 Å². The smallest absolute Gasteiger partial charge is 0.277 e. The van der Waals surface area contributed by atoms with Crippen LogP contribution in [0.2, 0.25) is 0 Å². The van der Waals surface area contributed by atoms with Gasteiger partial charge in [0.25, 0.3) is 5.91 Å². The predicted molar refractivity (Wildman–Crippen MR) is 110 cm³/mol. The third-order valence-electron chi connectivity index (χ3n) is 4.65. The average Bonchev–Trinajstić information content (AvgIpc) is 2.72. The molecule has 1 amide bonds. The Kier molecular flexibility index (Phi) is 6.21. The van der Waals surface area contributed by atoms with Crippen LogP contribution in [-0.2, 0) is 4.79 Å². The SMILES string of the molecule is CC[C@H](C)c1ccc(OCC(=O)N/N=C\c2cccc3ccccc23)cc1. The quantitative estimate of drug-likeness (QED) is 0.482. The summed E-state index contributed by atoms with van der Waals surface area (Å²) in [6.07, 6.45) is 2.75. The van der Waals surface area contributed by atoms with Gasteiger partial charge in [-0.05, 0) is 40.8 Å². The summed E-state index contributed by atoms with van der Waals surface area (Å²) in [6, 6.07) is 21.9. The van der Waals surface area contributed by atoms with E-state index in [9.17, 15) is 4.79 Å². The highest BCUT2D eigenvalue weighted by Gasteiger charge is 2.05. The second-order valence-corrected chi connectivity index (χ2v) is 6.53. The van der Waals surface area contributed by atoms with Gasteiger partial charge in [0.2, 0.25) is 0 Å². The van der Waals surface area contributed by atoms with Crippen molar-refractivity contribution in [3.8, 4) is 5.75 Å². The largest absolute Gasteiger partial charge is 0.484 e. The van der Waals surface area contributed by atoms with Crippen LogP contribution in [-0.4, -0.2) is 18.7 Å². The number of benzene rings is 3. The zero-order valence-electron chi connectivity index (χ0n) is 15.7. The molecular weight excluding hydrogens is 336 g/mol. The molecule has 0 aliphatic heterocycles. The fourth-order valence-electron chi connectivity index (χ4n) is 2.85. The molecule has 138 valence electrons. The highest BCUT2D eigenvalue weighted by atomic mass is 16.5. The lowest BCUT2D eigenvalue weighted by Crippen LogP contribution is -2.24. The van der Waals surface area contributed by atoms with E-state index in [1.807, 2.05) is 66.7 Å². The number of nitrogens with one attached hydrogen (secondary N) is 1. The van der Waals surface area contributed by atoms with Gasteiger partial charge in [-0.15, -0.1) is 0 Å². The molecule has 27 heavy (non-hydrogen) atoms. The van der Waals surface area contributed by atoms with E-state index >= 15 is 0 Å².